The lowest BCUT2D eigenvalue weighted by molar-refractivity contribution is -0.386. The van der Waals surface area contributed by atoms with E-state index in [0.717, 1.165) is 10.0 Å². The van der Waals surface area contributed by atoms with Crippen molar-refractivity contribution in [1.29, 1.82) is 5.26 Å². The van der Waals surface area contributed by atoms with Gasteiger partial charge in [0.2, 0.25) is 0 Å². The number of aromatic nitrogens is 1. The Labute approximate surface area is 122 Å². The summed E-state index contributed by atoms with van der Waals surface area (Å²) in [5.41, 5.74) is 0.268. The van der Waals surface area contributed by atoms with Gasteiger partial charge < -0.3 is 4.74 Å². The Hall–Kier alpha value is -2.46. The molecule has 0 aliphatic heterocycles. The second-order valence-electron chi connectivity index (χ2n) is 3.89. The van der Waals surface area contributed by atoms with E-state index >= 15 is 0 Å². The molecule has 2 rings (SSSR count). The van der Waals surface area contributed by atoms with E-state index < -0.39 is 10.6 Å². The third kappa shape index (κ3) is 2.75. The Morgan fingerprint density at radius 2 is 2.20 bits per heavy atom. The fourth-order valence-electron chi connectivity index (χ4n) is 1.61. The molecule has 0 spiro atoms. The normalized spacial score (nSPS) is 9.85. The van der Waals surface area contributed by atoms with E-state index in [4.69, 9.17) is 10.00 Å². The molecule has 0 radical (unpaired) electrons. The van der Waals surface area contributed by atoms with E-state index in [0.29, 0.717) is 5.75 Å². The van der Waals surface area contributed by atoms with E-state index in [1.54, 1.807) is 25.1 Å². The molecule has 0 unspecified atom stereocenters. The van der Waals surface area contributed by atoms with E-state index in [2.05, 4.69) is 20.9 Å². The minimum atomic E-state index is -0.672. The standard InChI is InChI=1S/C13H8BrN3O3/c1-8-6-10(14)2-3-11(8)20-13-12(17(18)19)9(7-15)4-5-16-13/h2-6H,1H3. The summed E-state index contributed by atoms with van der Waals surface area (Å²) in [5.74, 6) is 0.248. The van der Waals surface area contributed by atoms with Gasteiger partial charge in [-0.3, -0.25) is 10.1 Å². The molecule has 2 aromatic rings. The van der Waals surface area contributed by atoms with Gasteiger partial charge in [-0.2, -0.15) is 5.26 Å². The fraction of sp³-hybridized carbons (Fsp3) is 0.0769. The Morgan fingerprint density at radius 3 is 2.80 bits per heavy atom. The number of benzene rings is 1. The molecule has 0 saturated heterocycles. The summed E-state index contributed by atoms with van der Waals surface area (Å²) in [7, 11) is 0. The smallest absolute Gasteiger partial charge is 0.348 e. The van der Waals surface area contributed by atoms with Gasteiger partial charge in [-0.1, -0.05) is 15.9 Å². The Morgan fingerprint density at radius 1 is 1.45 bits per heavy atom. The molecule has 0 aliphatic carbocycles. The van der Waals surface area contributed by atoms with Gasteiger partial charge in [-0.25, -0.2) is 4.98 Å². The van der Waals surface area contributed by atoms with Crippen LogP contribution in [0.2, 0.25) is 0 Å². The van der Waals surface area contributed by atoms with Crippen LogP contribution in [0.5, 0.6) is 11.6 Å². The van der Waals surface area contributed by atoms with Crippen LogP contribution in [0.15, 0.2) is 34.9 Å². The Balaban J connectivity index is 2.49. The quantitative estimate of drug-likeness (QED) is 0.630. The van der Waals surface area contributed by atoms with Crippen LogP contribution >= 0.6 is 15.9 Å². The molecular weight excluding hydrogens is 326 g/mol. The number of halogens is 1. The van der Waals surface area contributed by atoms with Gasteiger partial charge in [0.05, 0.1) is 4.92 Å². The van der Waals surface area contributed by atoms with Crippen LogP contribution in [0.1, 0.15) is 11.1 Å². The molecule has 0 bridgehead atoms. The first kappa shape index (κ1) is 14.0. The molecule has 6 nitrogen and oxygen atoms in total. The predicted molar refractivity (Wildman–Crippen MR) is 74.6 cm³/mol. The lowest BCUT2D eigenvalue weighted by atomic mass is 10.2. The van der Waals surface area contributed by atoms with Crippen molar-refractivity contribution in [1.82, 2.24) is 4.98 Å². The van der Waals surface area contributed by atoms with Gasteiger partial charge in [0.1, 0.15) is 17.4 Å². The molecule has 0 amide bonds. The average molecular weight is 334 g/mol. The number of hydrogen-bond donors (Lipinski definition) is 0. The third-order valence-electron chi connectivity index (χ3n) is 2.54. The number of nitriles is 1. The summed E-state index contributed by atoms with van der Waals surface area (Å²) in [4.78, 5) is 14.2. The molecule has 0 aliphatic rings. The highest BCUT2D eigenvalue weighted by Gasteiger charge is 2.23. The maximum absolute atomic E-state index is 11.1. The Kier molecular flexibility index (Phi) is 3.96. The molecule has 20 heavy (non-hydrogen) atoms. The monoisotopic (exact) mass is 333 g/mol. The van der Waals surface area contributed by atoms with Crippen LogP contribution in [0.4, 0.5) is 5.69 Å². The van der Waals surface area contributed by atoms with Crippen molar-refractivity contribution in [3.05, 3.63) is 56.2 Å². The van der Waals surface area contributed by atoms with Crippen LogP contribution in [0, 0.1) is 28.4 Å². The Bertz CT molecular complexity index is 725. The molecule has 1 aromatic carbocycles. The predicted octanol–water partition coefficient (Wildman–Crippen LogP) is 3.72. The van der Waals surface area contributed by atoms with E-state index in [1.165, 1.54) is 12.3 Å². The summed E-state index contributed by atoms with van der Waals surface area (Å²) >= 11 is 3.32. The highest BCUT2D eigenvalue weighted by molar-refractivity contribution is 9.10. The van der Waals surface area contributed by atoms with Gasteiger partial charge in [0.15, 0.2) is 0 Å². The molecular formula is C13H8BrN3O3. The van der Waals surface area contributed by atoms with Crippen molar-refractivity contribution in [2.45, 2.75) is 6.92 Å². The minimum Gasteiger partial charge on any atom is -0.433 e. The summed E-state index contributed by atoms with van der Waals surface area (Å²) in [6.07, 6.45) is 1.30. The summed E-state index contributed by atoms with van der Waals surface area (Å²) in [6, 6.07) is 8.27. The van der Waals surface area contributed by atoms with Gasteiger partial charge in [0.25, 0.3) is 0 Å². The maximum Gasteiger partial charge on any atom is 0.348 e. The molecule has 0 N–H and O–H groups in total. The number of nitro groups is 1. The SMILES string of the molecule is Cc1cc(Br)ccc1Oc1nccc(C#N)c1[N+](=O)[O-]. The first-order valence-electron chi connectivity index (χ1n) is 5.50. The van der Waals surface area contributed by atoms with Crippen molar-refractivity contribution < 1.29 is 9.66 Å². The molecule has 0 atom stereocenters. The number of pyridine rings is 1. The second-order valence-corrected chi connectivity index (χ2v) is 4.81. The molecule has 1 aromatic heterocycles. The fourth-order valence-corrected chi connectivity index (χ4v) is 2.08. The average Bonchev–Trinajstić information content (AvgIpc) is 2.41. The molecule has 7 heteroatoms. The summed E-state index contributed by atoms with van der Waals surface area (Å²) in [6.45, 7) is 1.81. The van der Waals surface area contributed by atoms with Gasteiger partial charge >= 0.3 is 11.6 Å². The highest BCUT2D eigenvalue weighted by Crippen LogP contribution is 2.33. The van der Waals surface area contributed by atoms with Crippen molar-refractivity contribution in [3.8, 4) is 17.7 Å². The molecule has 0 fully saturated rings. The first-order valence-corrected chi connectivity index (χ1v) is 6.29. The van der Waals surface area contributed by atoms with Crippen molar-refractivity contribution in [2.24, 2.45) is 0 Å². The minimum absolute atomic E-state index is 0.0882. The van der Waals surface area contributed by atoms with Crippen molar-refractivity contribution in [2.75, 3.05) is 0 Å². The van der Waals surface area contributed by atoms with Crippen LogP contribution in [0.25, 0.3) is 0 Å². The molecule has 100 valence electrons. The van der Waals surface area contributed by atoms with E-state index in [1.807, 2.05) is 6.07 Å². The largest absolute Gasteiger partial charge is 0.433 e. The van der Waals surface area contributed by atoms with Crippen molar-refractivity contribution >= 4 is 21.6 Å². The summed E-state index contributed by atoms with van der Waals surface area (Å²) in [5, 5.41) is 20.0. The topological polar surface area (TPSA) is 89.0 Å². The van der Waals surface area contributed by atoms with Crippen LogP contribution in [-0.2, 0) is 0 Å². The highest BCUT2D eigenvalue weighted by atomic mass is 79.9. The lowest BCUT2D eigenvalue weighted by Gasteiger charge is -2.08. The van der Waals surface area contributed by atoms with Crippen LogP contribution in [-0.4, -0.2) is 9.91 Å². The zero-order chi connectivity index (χ0) is 14.7. The maximum atomic E-state index is 11.1. The van der Waals surface area contributed by atoms with E-state index in [-0.39, 0.29) is 11.4 Å². The number of nitrogens with zero attached hydrogens (tertiary/aromatic N) is 3. The zero-order valence-electron chi connectivity index (χ0n) is 10.3. The van der Waals surface area contributed by atoms with Crippen molar-refractivity contribution in [3.63, 3.8) is 0 Å². The van der Waals surface area contributed by atoms with E-state index in [9.17, 15) is 10.1 Å². The van der Waals surface area contributed by atoms with Gasteiger partial charge in [-0.05, 0) is 36.8 Å². The molecule has 0 saturated carbocycles. The van der Waals surface area contributed by atoms with Crippen LogP contribution < -0.4 is 4.74 Å². The van der Waals surface area contributed by atoms with Crippen LogP contribution in [0.3, 0.4) is 0 Å². The first-order chi connectivity index (χ1) is 9.52. The lowest BCUT2D eigenvalue weighted by Crippen LogP contribution is -1.99. The number of hydrogen-bond acceptors (Lipinski definition) is 5. The third-order valence-corrected chi connectivity index (χ3v) is 3.03. The number of rotatable bonds is 3. The number of ether oxygens (including phenoxy) is 1. The summed E-state index contributed by atoms with van der Waals surface area (Å²) < 4.78 is 6.35. The molecule has 1 heterocycles. The van der Waals surface area contributed by atoms with Gasteiger partial charge in [0, 0.05) is 10.7 Å². The second kappa shape index (κ2) is 5.67. The zero-order valence-corrected chi connectivity index (χ0v) is 11.9. The van der Waals surface area contributed by atoms with Gasteiger partial charge in [-0.15, -0.1) is 0 Å². The number of aryl methyl sites for hydroxylation is 1.